The maximum absolute atomic E-state index is 4.53. The molecule has 2 aromatic carbocycles. The van der Waals surface area contributed by atoms with E-state index in [0.29, 0.717) is 11.8 Å². The second-order valence-corrected chi connectivity index (χ2v) is 6.10. The van der Waals surface area contributed by atoms with Crippen LogP contribution in [0.15, 0.2) is 73.2 Å². The molecule has 0 radical (unpaired) electrons. The number of nitrogens with one attached hydrogen (secondary N) is 3. The largest absolute Gasteiger partial charge is 0.339 e. The molecule has 0 unspecified atom stereocenters. The molecular formula is C20H15N7. The van der Waals surface area contributed by atoms with Crippen LogP contribution in [0.25, 0.3) is 21.8 Å². The minimum absolute atomic E-state index is 0.511. The van der Waals surface area contributed by atoms with E-state index in [9.17, 15) is 0 Å². The lowest BCUT2D eigenvalue weighted by atomic mass is 10.2. The first-order valence-electron chi connectivity index (χ1n) is 8.48. The quantitative estimate of drug-likeness (QED) is 0.444. The summed E-state index contributed by atoms with van der Waals surface area (Å²) in [6, 6.07) is 17.8. The van der Waals surface area contributed by atoms with Gasteiger partial charge in [0.15, 0.2) is 0 Å². The smallest absolute Gasteiger partial charge is 0.229 e. The summed E-state index contributed by atoms with van der Waals surface area (Å²) in [5.74, 6) is 1.20. The van der Waals surface area contributed by atoms with E-state index >= 15 is 0 Å². The zero-order valence-corrected chi connectivity index (χ0v) is 14.2. The van der Waals surface area contributed by atoms with E-state index in [4.69, 9.17) is 0 Å². The molecule has 3 heterocycles. The Labute approximate surface area is 154 Å². The summed E-state index contributed by atoms with van der Waals surface area (Å²) < 4.78 is 0. The molecule has 0 aliphatic heterocycles. The van der Waals surface area contributed by atoms with Crippen LogP contribution >= 0.6 is 0 Å². The van der Waals surface area contributed by atoms with Crippen molar-refractivity contribution in [2.45, 2.75) is 0 Å². The maximum atomic E-state index is 4.53. The average molecular weight is 353 g/mol. The third kappa shape index (κ3) is 3.13. The predicted octanol–water partition coefficient (Wildman–Crippen LogP) is 4.39. The van der Waals surface area contributed by atoms with Gasteiger partial charge in [0.25, 0.3) is 0 Å². The van der Waals surface area contributed by atoms with Gasteiger partial charge >= 0.3 is 0 Å². The SMILES string of the molecule is c1ccc2ncc(Nc3ccnc(Nc4ccc5[nH]ncc5c4)n3)cc2c1. The number of hydrogen-bond donors (Lipinski definition) is 3. The third-order valence-electron chi connectivity index (χ3n) is 4.21. The maximum Gasteiger partial charge on any atom is 0.229 e. The van der Waals surface area contributed by atoms with Gasteiger partial charge in [-0.2, -0.15) is 10.1 Å². The molecular weight excluding hydrogens is 338 g/mol. The third-order valence-corrected chi connectivity index (χ3v) is 4.21. The van der Waals surface area contributed by atoms with Crippen molar-refractivity contribution < 1.29 is 0 Å². The number of benzene rings is 2. The number of aromatic amines is 1. The number of H-pyrrole nitrogens is 1. The van der Waals surface area contributed by atoms with E-state index < -0.39 is 0 Å². The Morgan fingerprint density at radius 3 is 2.70 bits per heavy atom. The highest BCUT2D eigenvalue weighted by molar-refractivity contribution is 5.83. The molecule has 130 valence electrons. The fraction of sp³-hybridized carbons (Fsp3) is 0. The minimum atomic E-state index is 0.511. The second kappa shape index (κ2) is 6.38. The van der Waals surface area contributed by atoms with Crippen LogP contribution in [-0.4, -0.2) is 25.1 Å². The Hall–Kier alpha value is -4.00. The average Bonchev–Trinajstić information content (AvgIpc) is 3.16. The number of hydrogen-bond acceptors (Lipinski definition) is 6. The molecule has 0 aliphatic carbocycles. The highest BCUT2D eigenvalue weighted by Crippen LogP contribution is 2.22. The predicted molar refractivity (Wildman–Crippen MR) is 106 cm³/mol. The van der Waals surface area contributed by atoms with Crippen LogP contribution in [0.4, 0.5) is 23.1 Å². The molecule has 0 saturated carbocycles. The van der Waals surface area contributed by atoms with Crippen molar-refractivity contribution in [3.05, 3.63) is 73.2 Å². The van der Waals surface area contributed by atoms with Crippen molar-refractivity contribution in [1.82, 2.24) is 25.1 Å². The number of nitrogens with zero attached hydrogens (tertiary/aromatic N) is 4. The molecule has 0 bridgehead atoms. The van der Waals surface area contributed by atoms with Gasteiger partial charge in [0.2, 0.25) is 5.95 Å². The van der Waals surface area contributed by atoms with Gasteiger partial charge < -0.3 is 10.6 Å². The van der Waals surface area contributed by atoms with Crippen molar-refractivity contribution in [2.75, 3.05) is 10.6 Å². The van der Waals surface area contributed by atoms with Crippen molar-refractivity contribution >= 4 is 44.9 Å². The Morgan fingerprint density at radius 1 is 0.778 bits per heavy atom. The summed E-state index contributed by atoms with van der Waals surface area (Å²) >= 11 is 0. The normalized spacial score (nSPS) is 11.0. The van der Waals surface area contributed by atoms with Gasteiger partial charge in [-0.25, -0.2) is 4.98 Å². The molecule has 0 amide bonds. The lowest BCUT2D eigenvalue weighted by molar-refractivity contribution is 1.12. The fourth-order valence-electron chi connectivity index (χ4n) is 2.93. The van der Waals surface area contributed by atoms with Crippen LogP contribution < -0.4 is 10.6 Å². The van der Waals surface area contributed by atoms with E-state index in [-0.39, 0.29) is 0 Å². The standard InChI is InChI=1S/C20H15N7/c1-2-4-17-13(3-1)9-16(12-22-17)24-19-7-8-21-20(26-19)25-15-5-6-18-14(10-15)11-23-27-18/h1-12H,(H,23,27)(H2,21,24,25,26). The molecule has 0 atom stereocenters. The van der Waals surface area contributed by atoms with Crippen molar-refractivity contribution in [3.63, 3.8) is 0 Å². The van der Waals surface area contributed by atoms with Crippen LogP contribution in [0, 0.1) is 0 Å². The van der Waals surface area contributed by atoms with Crippen molar-refractivity contribution in [3.8, 4) is 0 Å². The van der Waals surface area contributed by atoms with Crippen LogP contribution in [0.2, 0.25) is 0 Å². The number of fused-ring (bicyclic) bond motifs is 2. The molecule has 5 rings (SSSR count). The topological polar surface area (TPSA) is 91.4 Å². The highest BCUT2D eigenvalue weighted by atomic mass is 15.1. The molecule has 0 aliphatic rings. The molecule has 7 nitrogen and oxygen atoms in total. The second-order valence-electron chi connectivity index (χ2n) is 6.10. The summed E-state index contributed by atoms with van der Waals surface area (Å²) in [5.41, 5.74) is 3.72. The summed E-state index contributed by atoms with van der Waals surface area (Å²) in [6.45, 7) is 0. The number of para-hydroxylation sites is 1. The Bertz CT molecular complexity index is 1250. The summed E-state index contributed by atoms with van der Waals surface area (Å²) in [7, 11) is 0. The van der Waals surface area contributed by atoms with Crippen LogP contribution in [0.3, 0.4) is 0 Å². The van der Waals surface area contributed by atoms with Gasteiger partial charge in [-0.1, -0.05) is 18.2 Å². The monoisotopic (exact) mass is 353 g/mol. The van der Waals surface area contributed by atoms with Crippen LogP contribution in [0.5, 0.6) is 0 Å². The molecule has 5 aromatic rings. The molecule has 0 spiro atoms. The molecule has 27 heavy (non-hydrogen) atoms. The fourth-order valence-corrected chi connectivity index (χ4v) is 2.93. The first-order chi connectivity index (χ1) is 13.3. The molecule has 3 N–H and O–H groups in total. The first kappa shape index (κ1) is 15.3. The summed E-state index contributed by atoms with van der Waals surface area (Å²) in [6.07, 6.45) is 5.29. The van der Waals surface area contributed by atoms with E-state index in [1.807, 2.05) is 54.6 Å². The zero-order valence-electron chi connectivity index (χ0n) is 14.2. The van der Waals surface area contributed by atoms with E-state index in [1.54, 1.807) is 18.6 Å². The van der Waals surface area contributed by atoms with Gasteiger partial charge in [0, 0.05) is 22.7 Å². The summed E-state index contributed by atoms with van der Waals surface area (Å²) in [4.78, 5) is 13.3. The van der Waals surface area contributed by atoms with E-state index in [0.717, 1.165) is 33.2 Å². The molecule has 0 fully saturated rings. The Morgan fingerprint density at radius 2 is 1.70 bits per heavy atom. The number of aromatic nitrogens is 5. The molecule has 3 aromatic heterocycles. The van der Waals surface area contributed by atoms with E-state index in [1.165, 1.54) is 0 Å². The number of rotatable bonds is 4. The molecule has 0 saturated heterocycles. The van der Waals surface area contributed by atoms with Gasteiger partial charge in [-0.3, -0.25) is 10.1 Å². The van der Waals surface area contributed by atoms with Crippen LogP contribution in [-0.2, 0) is 0 Å². The Kier molecular flexibility index (Phi) is 3.61. The van der Waals surface area contributed by atoms with Crippen molar-refractivity contribution in [1.29, 1.82) is 0 Å². The van der Waals surface area contributed by atoms with Gasteiger partial charge in [0.1, 0.15) is 5.82 Å². The summed E-state index contributed by atoms with van der Waals surface area (Å²) in [5, 5.41) is 15.6. The minimum Gasteiger partial charge on any atom is -0.339 e. The number of pyridine rings is 1. The van der Waals surface area contributed by atoms with Crippen molar-refractivity contribution in [2.24, 2.45) is 0 Å². The van der Waals surface area contributed by atoms with E-state index in [2.05, 4.69) is 35.8 Å². The Balaban J connectivity index is 1.39. The van der Waals surface area contributed by atoms with Gasteiger partial charge in [-0.15, -0.1) is 0 Å². The van der Waals surface area contributed by atoms with Gasteiger partial charge in [0.05, 0.1) is 29.1 Å². The first-order valence-corrected chi connectivity index (χ1v) is 8.48. The zero-order chi connectivity index (χ0) is 18.1. The number of anilines is 4. The van der Waals surface area contributed by atoms with Crippen LogP contribution in [0.1, 0.15) is 0 Å². The molecule has 7 heteroatoms. The highest BCUT2D eigenvalue weighted by Gasteiger charge is 2.04. The lowest BCUT2D eigenvalue weighted by Crippen LogP contribution is -2.00. The lowest BCUT2D eigenvalue weighted by Gasteiger charge is -2.09. The van der Waals surface area contributed by atoms with Gasteiger partial charge in [-0.05, 0) is 36.4 Å².